The number of ether oxygens (including phenoxy) is 1. The predicted octanol–water partition coefficient (Wildman–Crippen LogP) is 0.844. The second kappa shape index (κ2) is 4.40. The molecule has 1 unspecified atom stereocenters. The minimum Gasteiger partial charge on any atom is -0.508 e. The van der Waals surface area contributed by atoms with Gasteiger partial charge in [0.25, 0.3) is 0 Å². The Morgan fingerprint density at radius 3 is 3.00 bits per heavy atom. The molecule has 0 radical (unpaired) electrons. The van der Waals surface area contributed by atoms with Crippen molar-refractivity contribution in [2.75, 3.05) is 19.7 Å². The highest BCUT2D eigenvalue weighted by Gasteiger charge is 2.24. The van der Waals surface area contributed by atoms with Crippen LogP contribution in [0.15, 0.2) is 24.3 Å². The number of aromatic hydroxyl groups is 1. The van der Waals surface area contributed by atoms with Crippen molar-refractivity contribution in [1.29, 1.82) is 0 Å². The average Bonchev–Trinajstić information content (AvgIpc) is 2.64. The Bertz CT molecular complexity index is 395. The summed E-state index contributed by atoms with van der Waals surface area (Å²) in [4.78, 5) is 12.8. The van der Waals surface area contributed by atoms with Crippen molar-refractivity contribution in [2.24, 2.45) is 5.73 Å². The first-order chi connectivity index (χ1) is 7.66. The van der Waals surface area contributed by atoms with Crippen molar-refractivity contribution in [3.05, 3.63) is 29.8 Å². The number of hydrogen-bond donors (Lipinski definition) is 2. The van der Waals surface area contributed by atoms with Gasteiger partial charge in [-0.2, -0.15) is 0 Å². The molecule has 2 rings (SSSR count). The number of carbonyl (C=O) groups is 1. The third-order valence-corrected chi connectivity index (χ3v) is 2.56. The van der Waals surface area contributed by atoms with E-state index in [0.717, 1.165) is 5.56 Å². The topological polar surface area (TPSA) is 75.8 Å². The number of amides is 1. The number of benzene rings is 1. The van der Waals surface area contributed by atoms with Crippen LogP contribution in [0.3, 0.4) is 0 Å². The highest BCUT2D eigenvalue weighted by atomic mass is 16.6. The molecule has 0 spiro atoms. The van der Waals surface area contributed by atoms with Gasteiger partial charge < -0.3 is 20.5 Å². The summed E-state index contributed by atoms with van der Waals surface area (Å²) in [5, 5.41) is 9.31. The molecule has 5 heteroatoms. The van der Waals surface area contributed by atoms with Crippen molar-refractivity contribution < 1.29 is 14.6 Å². The van der Waals surface area contributed by atoms with E-state index in [4.69, 9.17) is 10.5 Å². The molecule has 1 aliphatic heterocycles. The van der Waals surface area contributed by atoms with Gasteiger partial charge in [0.15, 0.2) is 0 Å². The molecule has 1 aromatic carbocycles. The normalized spacial score (nSPS) is 17.3. The van der Waals surface area contributed by atoms with E-state index in [1.807, 2.05) is 6.07 Å². The van der Waals surface area contributed by atoms with Crippen molar-refractivity contribution in [3.8, 4) is 5.75 Å². The van der Waals surface area contributed by atoms with Gasteiger partial charge in [-0.25, -0.2) is 4.79 Å². The van der Waals surface area contributed by atoms with Crippen LogP contribution in [0, 0.1) is 0 Å². The highest BCUT2D eigenvalue weighted by Crippen LogP contribution is 2.18. The summed E-state index contributed by atoms with van der Waals surface area (Å²) in [7, 11) is 0. The van der Waals surface area contributed by atoms with E-state index in [-0.39, 0.29) is 17.9 Å². The molecule has 0 aliphatic carbocycles. The standard InChI is InChI=1S/C11H14N2O3/c12-10(7-13-4-5-16-11(13)15)8-2-1-3-9(14)6-8/h1-3,6,10,14H,4-5,7,12H2. The maximum atomic E-state index is 11.2. The van der Waals surface area contributed by atoms with Crippen LogP contribution in [0.5, 0.6) is 5.75 Å². The largest absolute Gasteiger partial charge is 0.508 e. The fourth-order valence-electron chi connectivity index (χ4n) is 1.69. The van der Waals surface area contributed by atoms with Gasteiger partial charge in [0.05, 0.1) is 6.54 Å². The van der Waals surface area contributed by atoms with Crippen molar-refractivity contribution in [2.45, 2.75) is 6.04 Å². The smallest absolute Gasteiger partial charge is 0.410 e. The number of nitrogens with zero attached hydrogens (tertiary/aromatic N) is 1. The van der Waals surface area contributed by atoms with Crippen LogP contribution < -0.4 is 5.73 Å². The zero-order valence-electron chi connectivity index (χ0n) is 8.80. The first kappa shape index (κ1) is 10.8. The lowest BCUT2D eigenvalue weighted by atomic mass is 10.1. The molecule has 0 saturated carbocycles. The SMILES string of the molecule is NC(CN1CCOC1=O)c1cccc(O)c1. The third kappa shape index (κ3) is 2.25. The fourth-order valence-corrected chi connectivity index (χ4v) is 1.69. The third-order valence-electron chi connectivity index (χ3n) is 2.56. The van der Waals surface area contributed by atoms with Gasteiger partial charge in [-0.05, 0) is 17.7 Å². The van der Waals surface area contributed by atoms with Crippen LogP contribution in [0.2, 0.25) is 0 Å². The lowest BCUT2D eigenvalue weighted by Gasteiger charge is -2.18. The van der Waals surface area contributed by atoms with E-state index in [1.54, 1.807) is 23.1 Å². The molecule has 1 heterocycles. The number of carbonyl (C=O) groups excluding carboxylic acids is 1. The summed E-state index contributed by atoms with van der Waals surface area (Å²) in [6.07, 6.45) is -0.324. The lowest BCUT2D eigenvalue weighted by Crippen LogP contribution is -2.32. The minimum atomic E-state index is -0.324. The van der Waals surface area contributed by atoms with Gasteiger partial charge >= 0.3 is 6.09 Å². The molecular formula is C11H14N2O3. The summed E-state index contributed by atoms with van der Waals surface area (Å²) < 4.78 is 4.81. The average molecular weight is 222 g/mol. The van der Waals surface area contributed by atoms with Crippen LogP contribution in [0.25, 0.3) is 0 Å². The Kier molecular flexibility index (Phi) is 2.96. The maximum absolute atomic E-state index is 11.2. The van der Waals surface area contributed by atoms with Crippen molar-refractivity contribution >= 4 is 6.09 Å². The number of nitrogens with two attached hydrogens (primary N) is 1. The monoisotopic (exact) mass is 222 g/mol. The Balaban J connectivity index is 2.02. The molecular weight excluding hydrogens is 208 g/mol. The first-order valence-electron chi connectivity index (χ1n) is 5.13. The van der Waals surface area contributed by atoms with Crippen LogP contribution in [0.1, 0.15) is 11.6 Å². The van der Waals surface area contributed by atoms with Gasteiger partial charge in [-0.3, -0.25) is 0 Å². The summed E-state index contributed by atoms with van der Waals surface area (Å²) in [6, 6.07) is 6.43. The Morgan fingerprint density at radius 1 is 1.56 bits per heavy atom. The second-order valence-electron chi connectivity index (χ2n) is 3.76. The number of cyclic esters (lactones) is 1. The van der Waals surface area contributed by atoms with E-state index in [2.05, 4.69) is 0 Å². The van der Waals surface area contributed by atoms with Gasteiger partial charge in [0.1, 0.15) is 12.4 Å². The van der Waals surface area contributed by atoms with Crippen LogP contribution >= 0.6 is 0 Å². The molecule has 16 heavy (non-hydrogen) atoms. The van der Waals surface area contributed by atoms with E-state index in [0.29, 0.717) is 19.7 Å². The predicted molar refractivity (Wildman–Crippen MR) is 58.0 cm³/mol. The van der Waals surface area contributed by atoms with Crippen LogP contribution in [0.4, 0.5) is 4.79 Å². The molecule has 1 aromatic rings. The second-order valence-corrected chi connectivity index (χ2v) is 3.76. The van der Waals surface area contributed by atoms with Gasteiger partial charge in [0.2, 0.25) is 0 Å². The first-order valence-corrected chi connectivity index (χ1v) is 5.13. The van der Waals surface area contributed by atoms with Crippen LogP contribution in [-0.4, -0.2) is 35.8 Å². The minimum absolute atomic E-state index is 0.178. The number of rotatable bonds is 3. The van der Waals surface area contributed by atoms with Gasteiger partial charge in [-0.1, -0.05) is 12.1 Å². The quantitative estimate of drug-likeness (QED) is 0.794. The van der Waals surface area contributed by atoms with Crippen LogP contribution in [-0.2, 0) is 4.74 Å². The van der Waals surface area contributed by atoms with E-state index in [9.17, 15) is 9.90 Å². The van der Waals surface area contributed by atoms with E-state index >= 15 is 0 Å². The lowest BCUT2D eigenvalue weighted by molar-refractivity contribution is 0.157. The summed E-state index contributed by atoms with van der Waals surface area (Å²) in [6.45, 7) is 1.40. The molecule has 1 saturated heterocycles. The fraction of sp³-hybridized carbons (Fsp3) is 0.364. The molecule has 5 nitrogen and oxygen atoms in total. The number of phenolic OH excluding ortho intramolecular Hbond substituents is 1. The maximum Gasteiger partial charge on any atom is 0.410 e. The van der Waals surface area contributed by atoms with Crippen molar-refractivity contribution in [3.63, 3.8) is 0 Å². The van der Waals surface area contributed by atoms with E-state index in [1.165, 1.54) is 0 Å². The molecule has 1 amide bonds. The molecule has 3 N–H and O–H groups in total. The molecule has 1 atom stereocenters. The summed E-state index contributed by atoms with van der Waals surface area (Å²) in [5.74, 6) is 0.178. The van der Waals surface area contributed by atoms with Gasteiger partial charge in [-0.15, -0.1) is 0 Å². The van der Waals surface area contributed by atoms with E-state index < -0.39 is 0 Å². The Labute approximate surface area is 93.4 Å². The zero-order valence-corrected chi connectivity index (χ0v) is 8.80. The molecule has 1 aliphatic rings. The number of phenols is 1. The molecule has 0 aromatic heterocycles. The molecule has 86 valence electrons. The molecule has 1 fully saturated rings. The van der Waals surface area contributed by atoms with Gasteiger partial charge in [0, 0.05) is 12.6 Å². The number of hydrogen-bond acceptors (Lipinski definition) is 4. The zero-order chi connectivity index (χ0) is 11.5. The Morgan fingerprint density at radius 2 is 2.38 bits per heavy atom. The summed E-state index contributed by atoms with van der Waals surface area (Å²) in [5.41, 5.74) is 6.75. The van der Waals surface area contributed by atoms with Crippen molar-refractivity contribution in [1.82, 2.24) is 4.90 Å². The summed E-state index contributed by atoms with van der Waals surface area (Å²) >= 11 is 0. The highest BCUT2D eigenvalue weighted by molar-refractivity contribution is 5.69. The Hall–Kier alpha value is -1.75. The molecule has 0 bridgehead atoms.